The van der Waals surface area contributed by atoms with Crippen LogP contribution in [0.4, 0.5) is 0 Å². The van der Waals surface area contributed by atoms with Crippen molar-refractivity contribution in [3.05, 3.63) is 59.5 Å². The summed E-state index contributed by atoms with van der Waals surface area (Å²) < 4.78 is 5.29. The number of hydrogen-bond acceptors (Lipinski definition) is 2. The van der Waals surface area contributed by atoms with E-state index < -0.39 is 8.07 Å². The first-order valence-corrected chi connectivity index (χ1v) is 10.7. The molecule has 1 aliphatic carbocycles. The van der Waals surface area contributed by atoms with Gasteiger partial charge in [-0.15, -0.1) is 0 Å². The van der Waals surface area contributed by atoms with Gasteiger partial charge in [0.15, 0.2) is 5.76 Å². The molecule has 0 N–H and O–H groups in total. The molecule has 1 aromatic heterocycles. The minimum absolute atomic E-state index is 0.243. The van der Waals surface area contributed by atoms with Gasteiger partial charge in [-0.3, -0.25) is 0 Å². The highest BCUT2D eigenvalue weighted by Gasteiger charge is 2.43. The van der Waals surface area contributed by atoms with Crippen LogP contribution in [0.25, 0.3) is 6.08 Å². The second-order valence-electron chi connectivity index (χ2n) is 6.79. The zero-order chi connectivity index (χ0) is 14.2. The van der Waals surface area contributed by atoms with Gasteiger partial charge in [-0.1, -0.05) is 61.2 Å². The van der Waals surface area contributed by atoms with E-state index in [0.717, 1.165) is 18.6 Å². The first kappa shape index (κ1) is 13.4. The largest absolute Gasteiger partial charge is 0.357 e. The Balaban J connectivity index is 2.00. The van der Waals surface area contributed by atoms with Crippen LogP contribution in [0, 0.1) is 0 Å². The van der Waals surface area contributed by atoms with E-state index in [4.69, 9.17) is 4.52 Å². The van der Waals surface area contributed by atoms with Crippen LogP contribution >= 0.6 is 0 Å². The van der Waals surface area contributed by atoms with Gasteiger partial charge in [0.25, 0.3) is 0 Å². The van der Waals surface area contributed by atoms with Crippen molar-refractivity contribution in [2.45, 2.75) is 37.5 Å². The highest BCUT2D eigenvalue weighted by atomic mass is 28.3. The SMILES string of the molecule is C[Si](C)(C)C1(Cc2ccccc2)C=Cc2oncc2C1. The van der Waals surface area contributed by atoms with Crippen LogP contribution in [0.1, 0.15) is 16.9 Å². The van der Waals surface area contributed by atoms with Gasteiger partial charge < -0.3 is 4.52 Å². The maximum absolute atomic E-state index is 5.29. The lowest BCUT2D eigenvalue weighted by atomic mass is 9.87. The second kappa shape index (κ2) is 4.74. The smallest absolute Gasteiger partial charge is 0.162 e. The van der Waals surface area contributed by atoms with Crippen LogP contribution in [0.15, 0.2) is 47.1 Å². The fraction of sp³-hybridized carbons (Fsp3) is 0.353. The van der Waals surface area contributed by atoms with Gasteiger partial charge in [-0.25, -0.2) is 0 Å². The van der Waals surface area contributed by atoms with E-state index in [9.17, 15) is 0 Å². The molecule has 0 radical (unpaired) electrons. The number of fused-ring (bicyclic) bond motifs is 1. The lowest BCUT2D eigenvalue weighted by Gasteiger charge is -2.43. The maximum atomic E-state index is 5.29. The van der Waals surface area contributed by atoms with Crippen molar-refractivity contribution in [2.24, 2.45) is 0 Å². The summed E-state index contributed by atoms with van der Waals surface area (Å²) in [6, 6.07) is 10.8. The molecule has 3 heteroatoms. The summed E-state index contributed by atoms with van der Waals surface area (Å²) in [5.41, 5.74) is 2.67. The zero-order valence-electron chi connectivity index (χ0n) is 12.4. The molecule has 0 aliphatic heterocycles. The van der Waals surface area contributed by atoms with Crippen molar-refractivity contribution in [1.82, 2.24) is 5.16 Å². The van der Waals surface area contributed by atoms with E-state index in [-0.39, 0.29) is 5.04 Å². The Bertz CT molecular complexity index is 624. The van der Waals surface area contributed by atoms with Gasteiger partial charge in [-0.2, -0.15) is 0 Å². The normalized spacial score (nSPS) is 21.8. The molecule has 0 saturated heterocycles. The third kappa shape index (κ3) is 2.27. The second-order valence-corrected chi connectivity index (χ2v) is 12.3. The van der Waals surface area contributed by atoms with Crippen molar-refractivity contribution in [3.63, 3.8) is 0 Å². The molecule has 0 saturated carbocycles. The summed E-state index contributed by atoms with van der Waals surface area (Å²) in [6.45, 7) is 7.37. The fourth-order valence-electron chi connectivity index (χ4n) is 3.04. The number of allylic oxidation sites excluding steroid dienone is 1. The average molecular weight is 283 g/mol. The molecule has 0 fully saturated rings. The molecule has 20 heavy (non-hydrogen) atoms. The zero-order valence-corrected chi connectivity index (χ0v) is 13.4. The molecule has 1 heterocycles. The molecule has 1 aliphatic rings. The van der Waals surface area contributed by atoms with E-state index in [1.54, 1.807) is 0 Å². The first-order valence-electron chi connectivity index (χ1n) is 7.17. The van der Waals surface area contributed by atoms with E-state index >= 15 is 0 Å². The molecule has 104 valence electrons. The number of aromatic nitrogens is 1. The molecule has 2 nitrogen and oxygen atoms in total. The van der Waals surface area contributed by atoms with Gasteiger partial charge in [0.1, 0.15) is 0 Å². The standard InChI is InChI=1S/C17H21NOSi/c1-20(2,3)17(11-14-7-5-4-6-8-14)10-9-16-15(12-17)13-18-19-16/h4-10,13H,11-12H2,1-3H3. The van der Waals surface area contributed by atoms with Crippen molar-refractivity contribution < 1.29 is 4.52 Å². The van der Waals surface area contributed by atoms with Gasteiger partial charge >= 0.3 is 0 Å². The summed E-state index contributed by atoms with van der Waals surface area (Å²) in [5, 5.41) is 4.19. The summed E-state index contributed by atoms with van der Waals surface area (Å²) in [5.74, 6) is 0.937. The predicted molar refractivity (Wildman–Crippen MR) is 85.4 cm³/mol. The first-order chi connectivity index (χ1) is 9.50. The van der Waals surface area contributed by atoms with Crippen LogP contribution < -0.4 is 0 Å². The molecule has 1 aromatic carbocycles. The highest BCUT2D eigenvalue weighted by Crippen LogP contribution is 2.49. The number of benzene rings is 1. The van der Waals surface area contributed by atoms with Crippen LogP contribution in [0.3, 0.4) is 0 Å². The molecule has 0 spiro atoms. The predicted octanol–water partition coefficient (Wildman–Crippen LogP) is 4.57. The molecule has 0 amide bonds. The van der Waals surface area contributed by atoms with E-state index in [1.165, 1.54) is 11.1 Å². The Morgan fingerprint density at radius 3 is 2.65 bits per heavy atom. The summed E-state index contributed by atoms with van der Waals surface area (Å²) in [4.78, 5) is 0. The third-order valence-corrected chi connectivity index (χ3v) is 8.10. The maximum Gasteiger partial charge on any atom is 0.162 e. The minimum Gasteiger partial charge on any atom is -0.357 e. The number of rotatable bonds is 3. The monoisotopic (exact) mass is 283 g/mol. The highest BCUT2D eigenvalue weighted by molar-refractivity contribution is 6.79. The topological polar surface area (TPSA) is 26.0 Å². The van der Waals surface area contributed by atoms with Gasteiger partial charge in [0, 0.05) is 5.56 Å². The number of nitrogens with zero attached hydrogens (tertiary/aromatic N) is 1. The van der Waals surface area contributed by atoms with Crippen molar-refractivity contribution >= 4 is 14.1 Å². The Morgan fingerprint density at radius 1 is 1.20 bits per heavy atom. The Kier molecular flexibility index (Phi) is 3.17. The fourth-order valence-corrected chi connectivity index (χ4v) is 5.07. The van der Waals surface area contributed by atoms with Crippen molar-refractivity contribution in [2.75, 3.05) is 0 Å². The van der Waals surface area contributed by atoms with Crippen LogP contribution in [-0.2, 0) is 12.8 Å². The lowest BCUT2D eigenvalue weighted by Crippen LogP contribution is -2.42. The molecule has 2 aromatic rings. The van der Waals surface area contributed by atoms with Gasteiger partial charge in [0.05, 0.1) is 14.3 Å². The van der Waals surface area contributed by atoms with Crippen molar-refractivity contribution in [3.8, 4) is 0 Å². The van der Waals surface area contributed by atoms with Gasteiger partial charge in [-0.05, 0) is 29.5 Å². The van der Waals surface area contributed by atoms with Crippen molar-refractivity contribution in [1.29, 1.82) is 0 Å². The van der Waals surface area contributed by atoms with E-state index in [0.29, 0.717) is 0 Å². The van der Waals surface area contributed by atoms with Crippen LogP contribution in [0.2, 0.25) is 24.7 Å². The molecular weight excluding hydrogens is 262 g/mol. The lowest BCUT2D eigenvalue weighted by molar-refractivity contribution is 0.409. The number of hydrogen-bond donors (Lipinski definition) is 0. The molecule has 3 rings (SSSR count). The summed E-state index contributed by atoms with van der Waals surface area (Å²) in [7, 11) is -1.39. The molecule has 0 bridgehead atoms. The third-order valence-electron chi connectivity index (χ3n) is 4.59. The Labute approximate surface area is 121 Å². The quantitative estimate of drug-likeness (QED) is 0.771. The van der Waals surface area contributed by atoms with E-state index in [1.807, 2.05) is 6.20 Å². The molecular formula is C17H21NOSi. The average Bonchev–Trinajstić information content (AvgIpc) is 2.86. The summed E-state index contributed by atoms with van der Waals surface area (Å²) >= 11 is 0. The Morgan fingerprint density at radius 2 is 1.95 bits per heavy atom. The molecule has 1 unspecified atom stereocenters. The Hall–Kier alpha value is -1.61. The molecule has 1 atom stereocenters. The van der Waals surface area contributed by atoms with Crippen LogP contribution in [0.5, 0.6) is 0 Å². The van der Waals surface area contributed by atoms with E-state index in [2.05, 4.69) is 67.3 Å². The minimum atomic E-state index is -1.39. The summed E-state index contributed by atoms with van der Waals surface area (Å²) in [6.07, 6.45) is 8.56. The van der Waals surface area contributed by atoms with Gasteiger partial charge in [0.2, 0.25) is 0 Å². The van der Waals surface area contributed by atoms with Crippen LogP contribution in [-0.4, -0.2) is 13.2 Å².